The minimum Gasteiger partial charge on any atom is -0.376 e. The second-order valence-electron chi connectivity index (χ2n) is 7.45. The molecular weight excluding hydrogens is 298 g/mol. The molecule has 7 heteroatoms. The zero-order chi connectivity index (χ0) is 16.1. The molecule has 1 spiro atoms. The van der Waals surface area contributed by atoms with Crippen LogP contribution in [0.3, 0.4) is 0 Å². The Balaban J connectivity index is 1.37. The maximum Gasteiger partial charge on any atom is 0.322 e. The van der Waals surface area contributed by atoms with Crippen LogP contribution in [0.5, 0.6) is 0 Å². The molecule has 0 aromatic rings. The van der Waals surface area contributed by atoms with Crippen molar-refractivity contribution in [3.05, 3.63) is 0 Å². The van der Waals surface area contributed by atoms with Gasteiger partial charge >= 0.3 is 6.03 Å². The van der Waals surface area contributed by atoms with Gasteiger partial charge in [0.05, 0.1) is 11.6 Å². The van der Waals surface area contributed by atoms with E-state index >= 15 is 0 Å². The summed E-state index contributed by atoms with van der Waals surface area (Å²) in [5.41, 5.74) is -1.06. The van der Waals surface area contributed by atoms with Crippen molar-refractivity contribution in [1.82, 2.24) is 16.0 Å². The monoisotopic (exact) mass is 321 g/mol. The third kappa shape index (κ3) is 2.33. The van der Waals surface area contributed by atoms with Crippen molar-refractivity contribution in [2.45, 2.75) is 68.5 Å². The van der Waals surface area contributed by atoms with Crippen LogP contribution in [-0.4, -0.2) is 41.6 Å². The van der Waals surface area contributed by atoms with E-state index in [0.29, 0.717) is 12.8 Å². The van der Waals surface area contributed by atoms with Crippen LogP contribution in [0.25, 0.3) is 0 Å². The first-order valence-corrected chi connectivity index (χ1v) is 8.60. The van der Waals surface area contributed by atoms with E-state index in [1.54, 1.807) is 0 Å². The molecule has 2 saturated heterocycles. The highest BCUT2D eigenvalue weighted by Crippen LogP contribution is 2.43. The summed E-state index contributed by atoms with van der Waals surface area (Å²) in [5, 5.41) is 8.13. The maximum atomic E-state index is 12.6. The number of nitrogens with one attached hydrogen (secondary N) is 3. The van der Waals surface area contributed by atoms with Crippen molar-refractivity contribution in [3.63, 3.8) is 0 Å². The lowest BCUT2D eigenvalue weighted by molar-refractivity contribution is -0.143. The molecule has 2 heterocycles. The molecule has 2 aliphatic carbocycles. The molecule has 0 aromatic heterocycles. The maximum absolute atomic E-state index is 12.6. The van der Waals surface area contributed by atoms with Crippen LogP contribution < -0.4 is 16.0 Å². The molecule has 2 saturated carbocycles. The highest BCUT2D eigenvalue weighted by atomic mass is 16.5. The van der Waals surface area contributed by atoms with Crippen LogP contribution in [-0.2, 0) is 14.3 Å². The minimum absolute atomic E-state index is 0.00144. The molecule has 4 rings (SSSR count). The number of hydrogen-bond donors (Lipinski definition) is 3. The summed E-state index contributed by atoms with van der Waals surface area (Å²) < 4.78 is 5.91. The summed E-state index contributed by atoms with van der Waals surface area (Å²) in [7, 11) is 0. The lowest BCUT2D eigenvalue weighted by atomic mass is 9.66. The van der Waals surface area contributed by atoms with Gasteiger partial charge in [0.15, 0.2) is 0 Å². The molecule has 1 unspecified atom stereocenters. The largest absolute Gasteiger partial charge is 0.376 e. The number of amides is 4. The Morgan fingerprint density at radius 1 is 1.17 bits per heavy atom. The number of hydrogen-bond acceptors (Lipinski definition) is 4. The van der Waals surface area contributed by atoms with Crippen molar-refractivity contribution < 1.29 is 19.1 Å². The summed E-state index contributed by atoms with van der Waals surface area (Å²) in [6.07, 6.45) is 7.21. The first kappa shape index (κ1) is 14.9. The molecule has 0 bridgehead atoms. The van der Waals surface area contributed by atoms with Gasteiger partial charge in [0.1, 0.15) is 5.54 Å². The van der Waals surface area contributed by atoms with E-state index in [9.17, 15) is 14.4 Å². The Kier molecular flexibility index (Phi) is 3.37. The molecular formula is C16H23N3O4. The second kappa shape index (κ2) is 5.19. The van der Waals surface area contributed by atoms with Gasteiger partial charge in [0, 0.05) is 12.5 Å². The zero-order valence-electron chi connectivity index (χ0n) is 13.2. The molecule has 23 heavy (non-hydrogen) atoms. The van der Waals surface area contributed by atoms with Crippen LogP contribution in [0.1, 0.15) is 51.4 Å². The highest BCUT2D eigenvalue weighted by Gasteiger charge is 2.58. The van der Waals surface area contributed by atoms with Gasteiger partial charge < -0.3 is 15.4 Å². The van der Waals surface area contributed by atoms with E-state index < -0.39 is 11.6 Å². The van der Waals surface area contributed by atoms with Crippen LogP contribution >= 0.6 is 0 Å². The fourth-order valence-corrected chi connectivity index (χ4v) is 4.39. The molecule has 0 aromatic carbocycles. The molecule has 4 amide bonds. The normalized spacial score (nSPS) is 38.3. The van der Waals surface area contributed by atoms with E-state index in [1.165, 1.54) is 0 Å². The molecule has 4 fully saturated rings. The summed E-state index contributed by atoms with van der Waals surface area (Å²) in [6, 6.07) is -0.458. The van der Waals surface area contributed by atoms with E-state index in [-0.39, 0.29) is 29.4 Å². The Morgan fingerprint density at radius 2 is 1.96 bits per heavy atom. The summed E-state index contributed by atoms with van der Waals surface area (Å²) >= 11 is 0. The standard InChI is InChI=1S/C16H23N3O4/c20-12(10-8-16(9-10)13(21)17-14(22)19-16)18-15(5-3-6-15)11-4-1-2-7-23-11/h10-11H,1-9H2,(H,18,20)(H2,17,19,21,22). The summed E-state index contributed by atoms with van der Waals surface area (Å²) in [6.45, 7) is 0.779. The van der Waals surface area contributed by atoms with E-state index in [4.69, 9.17) is 4.74 Å². The van der Waals surface area contributed by atoms with Gasteiger partial charge in [-0.1, -0.05) is 0 Å². The van der Waals surface area contributed by atoms with E-state index in [2.05, 4.69) is 16.0 Å². The number of rotatable bonds is 3. The summed E-state index contributed by atoms with van der Waals surface area (Å²) in [4.78, 5) is 35.7. The van der Waals surface area contributed by atoms with E-state index in [1.807, 2.05) is 0 Å². The Bertz CT molecular complexity index is 546. The van der Waals surface area contributed by atoms with Crippen LogP contribution in [0, 0.1) is 5.92 Å². The van der Waals surface area contributed by atoms with Gasteiger partial charge in [-0.25, -0.2) is 4.79 Å². The highest BCUT2D eigenvalue weighted by molar-refractivity contribution is 6.08. The molecule has 2 aliphatic heterocycles. The first-order valence-electron chi connectivity index (χ1n) is 8.60. The molecule has 126 valence electrons. The van der Waals surface area contributed by atoms with Gasteiger partial charge in [0.2, 0.25) is 5.91 Å². The lowest BCUT2D eigenvalue weighted by Gasteiger charge is -2.51. The SMILES string of the molecule is O=C1NC(=O)C2(CC(C(=O)NC3(C4CCCCO4)CCC3)C2)N1. The number of imide groups is 1. The van der Waals surface area contributed by atoms with Crippen molar-refractivity contribution in [2.75, 3.05) is 6.61 Å². The number of carbonyl (C=O) groups excluding carboxylic acids is 3. The van der Waals surface area contributed by atoms with Gasteiger partial charge in [0.25, 0.3) is 5.91 Å². The fraction of sp³-hybridized carbons (Fsp3) is 0.812. The average molecular weight is 321 g/mol. The van der Waals surface area contributed by atoms with Crippen molar-refractivity contribution >= 4 is 17.8 Å². The third-order valence-electron chi connectivity index (χ3n) is 5.99. The number of carbonyl (C=O) groups is 3. The number of ether oxygens (including phenoxy) is 1. The topological polar surface area (TPSA) is 96.5 Å². The molecule has 3 N–H and O–H groups in total. The third-order valence-corrected chi connectivity index (χ3v) is 5.99. The average Bonchev–Trinajstić information content (AvgIpc) is 2.76. The predicted octanol–water partition coefficient (Wildman–Crippen LogP) is 0.583. The Hall–Kier alpha value is -1.63. The smallest absolute Gasteiger partial charge is 0.322 e. The van der Waals surface area contributed by atoms with Gasteiger partial charge in [-0.15, -0.1) is 0 Å². The predicted molar refractivity (Wildman–Crippen MR) is 80.4 cm³/mol. The molecule has 1 atom stereocenters. The molecule has 4 aliphatic rings. The van der Waals surface area contributed by atoms with Crippen LogP contribution in [0.15, 0.2) is 0 Å². The van der Waals surface area contributed by atoms with Gasteiger partial charge in [-0.2, -0.15) is 0 Å². The quantitative estimate of drug-likeness (QED) is 0.663. The van der Waals surface area contributed by atoms with Crippen LogP contribution in [0.4, 0.5) is 4.79 Å². The van der Waals surface area contributed by atoms with Crippen LogP contribution in [0.2, 0.25) is 0 Å². The first-order chi connectivity index (χ1) is 11.0. The second-order valence-corrected chi connectivity index (χ2v) is 7.45. The van der Waals surface area contributed by atoms with E-state index in [0.717, 1.165) is 45.1 Å². The molecule has 0 radical (unpaired) electrons. The van der Waals surface area contributed by atoms with Crippen molar-refractivity contribution in [2.24, 2.45) is 5.92 Å². The Morgan fingerprint density at radius 3 is 2.48 bits per heavy atom. The van der Waals surface area contributed by atoms with Gasteiger partial charge in [-0.3, -0.25) is 14.9 Å². The minimum atomic E-state index is -0.854. The Labute approximate surface area is 134 Å². The lowest BCUT2D eigenvalue weighted by Crippen LogP contribution is -2.66. The summed E-state index contributed by atoms with van der Waals surface area (Å²) in [5.74, 6) is -0.515. The van der Waals surface area contributed by atoms with Gasteiger partial charge in [-0.05, 0) is 51.4 Å². The van der Waals surface area contributed by atoms with Crippen molar-refractivity contribution in [1.29, 1.82) is 0 Å². The fourth-order valence-electron chi connectivity index (χ4n) is 4.39. The van der Waals surface area contributed by atoms with Crippen molar-refractivity contribution in [3.8, 4) is 0 Å². The zero-order valence-corrected chi connectivity index (χ0v) is 13.2. The number of urea groups is 1. The molecule has 7 nitrogen and oxygen atoms in total.